The second kappa shape index (κ2) is 5.91. The van der Waals surface area contributed by atoms with E-state index in [2.05, 4.69) is 5.32 Å². The molecule has 136 valence electrons. The van der Waals surface area contributed by atoms with E-state index in [0.29, 0.717) is 28.1 Å². The molecule has 4 rings (SSSR count). The SMILES string of the molecule is CC(=O)c1cccc(C2=C/C(=C3\C(=O)Nc4cc(F)ccc43)OC2(C)C)c1. The summed E-state index contributed by atoms with van der Waals surface area (Å²) in [5.41, 5.74) is 3.10. The van der Waals surface area contributed by atoms with E-state index in [-0.39, 0.29) is 11.7 Å². The first-order chi connectivity index (χ1) is 12.8. The fraction of sp³-hybridized carbons (Fsp3) is 0.182. The van der Waals surface area contributed by atoms with Crippen molar-refractivity contribution >= 4 is 28.5 Å². The van der Waals surface area contributed by atoms with Gasteiger partial charge in [-0.15, -0.1) is 0 Å². The summed E-state index contributed by atoms with van der Waals surface area (Å²) in [5.74, 6) is -0.313. The molecule has 2 aliphatic heterocycles. The summed E-state index contributed by atoms with van der Waals surface area (Å²) in [6.07, 6.45) is 1.83. The van der Waals surface area contributed by atoms with Crippen LogP contribution < -0.4 is 5.32 Å². The zero-order valence-electron chi connectivity index (χ0n) is 15.2. The minimum Gasteiger partial charge on any atom is -0.482 e. The molecule has 0 fully saturated rings. The Kier molecular flexibility index (Phi) is 3.77. The van der Waals surface area contributed by atoms with Crippen LogP contribution in [-0.4, -0.2) is 17.3 Å². The van der Waals surface area contributed by atoms with Crippen LogP contribution in [0, 0.1) is 5.82 Å². The summed E-state index contributed by atoms with van der Waals surface area (Å²) in [6.45, 7) is 5.34. The highest BCUT2D eigenvalue weighted by Gasteiger charge is 2.38. The summed E-state index contributed by atoms with van der Waals surface area (Å²) in [6, 6.07) is 11.5. The average Bonchev–Trinajstić information content (AvgIpc) is 3.09. The molecular weight excluding hydrogens is 345 g/mol. The average molecular weight is 363 g/mol. The summed E-state index contributed by atoms with van der Waals surface area (Å²) < 4.78 is 19.6. The number of allylic oxidation sites excluding steroid dienone is 1. The molecule has 2 heterocycles. The number of Topliss-reactive ketones (excluding diaryl/α,β-unsaturated/α-hetero) is 1. The lowest BCUT2D eigenvalue weighted by molar-refractivity contribution is -0.111. The summed E-state index contributed by atoms with van der Waals surface area (Å²) in [5, 5.41) is 2.68. The summed E-state index contributed by atoms with van der Waals surface area (Å²) >= 11 is 0. The first kappa shape index (κ1) is 17.2. The maximum Gasteiger partial charge on any atom is 0.260 e. The molecule has 0 saturated heterocycles. The molecule has 1 amide bonds. The molecule has 0 bridgehead atoms. The number of carbonyl (C=O) groups excluding carboxylic acids is 2. The number of nitrogens with one attached hydrogen (secondary N) is 1. The topological polar surface area (TPSA) is 55.4 Å². The summed E-state index contributed by atoms with van der Waals surface area (Å²) in [4.78, 5) is 24.2. The van der Waals surface area contributed by atoms with E-state index in [4.69, 9.17) is 4.74 Å². The first-order valence-electron chi connectivity index (χ1n) is 8.64. The Balaban J connectivity index is 1.86. The fourth-order valence-corrected chi connectivity index (χ4v) is 3.51. The van der Waals surface area contributed by atoms with Gasteiger partial charge < -0.3 is 10.1 Å². The van der Waals surface area contributed by atoms with E-state index in [9.17, 15) is 14.0 Å². The molecule has 0 unspecified atom stereocenters. The minimum atomic E-state index is -0.680. The quantitative estimate of drug-likeness (QED) is 0.627. The largest absolute Gasteiger partial charge is 0.482 e. The van der Waals surface area contributed by atoms with Crippen LogP contribution in [0.3, 0.4) is 0 Å². The number of rotatable bonds is 2. The predicted octanol–water partition coefficient (Wildman–Crippen LogP) is 4.58. The van der Waals surface area contributed by atoms with E-state index in [1.165, 1.54) is 19.1 Å². The van der Waals surface area contributed by atoms with Crippen molar-refractivity contribution in [2.45, 2.75) is 26.4 Å². The monoisotopic (exact) mass is 363 g/mol. The molecule has 0 saturated carbocycles. The molecule has 0 aromatic heterocycles. The second-order valence-corrected chi connectivity index (χ2v) is 7.19. The van der Waals surface area contributed by atoms with Crippen molar-refractivity contribution in [3.8, 4) is 0 Å². The van der Waals surface area contributed by atoms with Crippen molar-refractivity contribution in [3.63, 3.8) is 0 Å². The Morgan fingerprint density at radius 2 is 1.93 bits per heavy atom. The Hall–Kier alpha value is -3.21. The fourth-order valence-electron chi connectivity index (χ4n) is 3.51. The van der Waals surface area contributed by atoms with Gasteiger partial charge in [0.2, 0.25) is 0 Å². The van der Waals surface area contributed by atoms with Crippen molar-refractivity contribution in [2.75, 3.05) is 5.32 Å². The first-order valence-corrected chi connectivity index (χ1v) is 8.64. The third-order valence-electron chi connectivity index (χ3n) is 4.84. The van der Waals surface area contributed by atoms with Gasteiger partial charge in [0.1, 0.15) is 17.2 Å². The smallest absolute Gasteiger partial charge is 0.260 e. The van der Waals surface area contributed by atoms with Crippen LogP contribution in [0.15, 0.2) is 54.3 Å². The Morgan fingerprint density at radius 1 is 1.15 bits per heavy atom. The molecule has 2 aliphatic rings. The Morgan fingerprint density at radius 3 is 2.67 bits per heavy atom. The highest BCUT2D eigenvalue weighted by molar-refractivity contribution is 6.32. The number of ether oxygens (including phenoxy) is 1. The van der Waals surface area contributed by atoms with E-state index in [1.54, 1.807) is 12.1 Å². The Bertz CT molecular complexity index is 1060. The van der Waals surface area contributed by atoms with Gasteiger partial charge in [-0.1, -0.05) is 18.2 Å². The molecule has 0 atom stereocenters. The molecule has 0 aliphatic carbocycles. The zero-order valence-corrected chi connectivity index (χ0v) is 15.2. The molecule has 0 spiro atoms. The van der Waals surface area contributed by atoms with Gasteiger partial charge in [-0.2, -0.15) is 0 Å². The third-order valence-corrected chi connectivity index (χ3v) is 4.84. The number of hydrogen-bond donors (Lipinski definition) is 1. The van der Waals surface area contributed by atoms with Crippen molar-refractivity contribution in [1.82, 2.24) is 0 Å². The number of halogens is 1. The maximum atomic E-state index is 13.5. The third kappa shape index (κ3) is 2.85. The number of hydrogen-bond acceptors (Lipinski definition) is 3. The van der Waals surface area contributed by atoms with Gasteiger partial charge in [0.25, 0.3) is 5.91 Å². The van der Waals surface area contributed by atoms with Crippen LogP contribution in [0.25, 0.3) is 11.1 Å². The van der Waals surface area contributed by atoms with Gasteiger partial charge >= 0.3 is 0 Å². The van der Waals surface area contributed by atoms with Crippen molar-refractivity contribution in [2.24, 2.45) is 0 Å². The Labute approximate surface area is 156 Å². The van der Waals surface area contributed by atoms with E-state index in [1.807, 2.05) is 38.1 Å². The van der Waals surface area contributed by atoms with Crippen molar-refractivity contribution in [1.29, 1.82) is 0 Å². The van der Waals surface area contributed by atoms with Crippen LogP contribution in [0.5, 0.6) is 0 Å². The van der Waals surface area contributed by atoms with Crippen LogP contribution in [0.2, 0.25) is 0 Å². The van der Waals surface area contributed by atoms with E-state index >= 15 is 0 Å². The lowest BCUT2D eigenvalue weighted by Gasteiger charge is -2.23. The number of carbonyl (C=O) groups is 2. The second-order valence-electron chi connectivity index (χ2n) is 7.19. The van der Waals surface area contributed by atoms with E-state index < -0.39 is 11.4 Å². The van der Waals surface area contributed by atoms with Gasteiger partial charge in [-0.3, -0.25) is 9.59 Å². The minimum absolute atomic E-state index is 0.0149. The van der Waals surface area contributed by atoms with Gasteiger partial charge in [-0.05, 0) is 56.7 Å². The maximum absolute atomic E-state index is 13.5. The number of amides is 1. The van der Waals surface area contributed by atoms with Crippen LogP contribution in [0.4, 0.5) is 10.1 Å². The van der Waals surface area contributed by atoms with E-state index in [0.717, 1.165) is 11.1 Å². The van der Waals surface area contributed by atoms with Crippen molar-refractivity contribution < 1.29 is 18.7 Å². The lowest BCUT2D eigenvalue weighted by atomic mass is 9.91. The molecule has 4 nitrogen and oxygen atoms in total. The molecule has 1 N–H and O–H groups in total. The van der Waals surface area contributed by atoms with Crippen LogP contribution >= 0.6 is 0 Å². The van der Waals surface area contributed by atoms with Gasteiger partial charge in [0.15, 0.2) is 5.78 Å². The highest BCUT2D eigenvalue weighted by atomic mass is 19.1. The van der Waals surface area contributed by atoms with Crippen LogP contribution in [-0.2, 0) is 9.53 Å². The number of anilines is 1. The normalized spacial score (nSPS) is 20.0. The molecule has 2 aromatic carbocycles. The van der Waals surface area contributed by atoms with Crippen LogP contribution in [0.1, 0.15) is 42.3 Å². The molecule has 27 heavy (non-hydrogen) atoms. The standard InChI is InChI=1S/C22H18FNO3/c1-12(25)13-5-4-6-14(9-13)17-11-19(27-22(17,2)3)20-16-8-7-15(23)10-18(16)24-21(20)26/h4-11H,1-3H3,(H,24,26)/b20-19+. The lowest BCUT2D eigenvalue weighted by Crippen LogP contribution is -2.21. The molecule has 0 radical (unpaired) electrons. The number of fused-ring (bicyclic) bond motifs is 1. The number of ketones is 1. The van der Waals surface area contributed by atoms with Gasteiger partial charge in [0.05, 0.1) is 11.3 Å². The molecule has 5 heteroatoms. The van der Waals surface area contributed by atoms with Crippen molar-refractivity contribution in [3.05, 3.63) is 76.8 Å². The molecule has 2 aromatic rings. The highest BCUT2D eigenvalue weighted by Crippen LogP contribution is 2.44. The van der Waals surface area contributed by atoms with Gasteiger partial charge in [0, 0.05) is 16.7 Å². The summed E-state index contributed by atoms with van der Waals surface area (Å²) in [7, 11) is 0. The zero-order chi connectivity index (χ0) is 19.3. The van der Waals surface area contributed by atoms with Gasteiger partial charge in [-0.25, -0.2) is 4.39 Å². The molecular formula is C22H18FNO3. The predicted molar refractivity (Wildman–Crippen MR) is 102 cm³/mol. The number of benzene rings is 2.